The summed E-state index contributed by atoms with van der Waals surface area (Å²) in [5.74, 6) is -0.689. The largest absolute Gasteiger partial charge is 0.392 e. The fourth-order valence-corrected chi connectivity index (χ4v) is 4.14. The molecule has 0 saturated heterocycles. The number of H-pyrrole nitrogens is 1. The molecule has 31 heavy (non-hydrogen) atoms. The van der Waals surface area contributed by atoms with E-state index in [1.54, 1.807) is 13.3 Å². The number of ether oxygens (including phenoxy) is 1. The molecule has 5 N–H and O–H groups in total. The van der Waals surface area contributed by atoms with Gasteiger partial charge in [-0.3, -0.25) is 4.79 Å². The van der Waals surface area contributed by atoms with Crippen LogP contribution in [0.25, 0.3) is 11.4 Å². The molecular formula is C22H29N5O4. The molecule has 2 aliphatic carbocycles. The van der Waals surface area contributed by atoms with Crippen LogP contribution in [-0.4, -0.2) is 65.5 Å². The molecule has 9 nitrogen and oxygen atoms in total. The molecule has 1 aromatic carbocycles. The van der Waals surface area contributed by atoms with Crippen molar-refractivity contribution in [2.45, 2.75) is 43.4 Å². The topological polar surface area (TPSA) is 128 Å². The molecule has 1 heterocycles. The van der Waals surface area contributed by atoms with E-state index < -0.39 is 24.0 Å². The highest BCUT2D eigenvalue weighted by Gasteiger charge is 2.48. The van der Waals surface area contributed by atoms with Gasteiger partial charge in [0.05, 0.1) is 18.6 Å². The first-order chi connectivity index (χ1) is 15.1. The van der Waals surface area contributed by atoms with Gasteiger partial charge in [0, 0.05) is 49.1 Å². The number of imidazole rings is 1. The summed E-state index contributed by atoms with van der Waals surface area (Å²) < 4.78 is 4.98. The Bertz CT molecular complexity index is 898. The van der Waals surface area contributed by atoms with Crippen molar-refractivity contribution in [3.05, 3.63) is 42.2 Å². The number of nitrogens with zero attached hydrogens (tertiary/aromatic N) is 1. The highest BCUT2D eigenvalue weighted by Crippen LogP contribution is 2.39. The summed E-state index contributed by atoms with van der Waals surface area (Å²) in [6.07, 6.45) is 3.01. The van der Waals surface area contributed by atoms with Crippen LogP contribution in [0.2, 0.25) is 0 Å². The number of rotatable bonds is 8. The van der Waals surface area contributed by atoms with Crippen molar-refractivity contribution in [3.63, 3.8) is 0 Å². The van der Waals surface area contributed by atoms with Gasteiger partial charge in [-0.05, 0) is 19.3 Å². The number of hydrogen-bond donors (Lipinski definition) is 5. The molecule has 2 saturated carbocycles. The molecule has 166 valence electrons. The molecule has 2 fully saturated rings. The second-order valence-electron chi connectivity index (χ2n) is 8.19. The molecule has 4 atom stereocenters. The monoisotopic (exact) mass is 427 g/mol. The van der Waals surface area contributed by atoms with Gasteiger partial charge in [0.15, 0.2) is 0 Å². The number of aliphatic hydroxyl groups is 1. The fourth-order valence-electron chi connectivity index (χ4n) is 4.14. The standard InChI is InChI=1S/C22H29N5O4/c1-31-10-9-23-21(29)15-11-16(27-22(30)25-14-7-8-14)18(19(15)28)17-12-24-20(26-17)13-5-3-2-4-6-13/h2-6,12,14-16,18-19,28H,7-11H2,1H3,(H,23,29)(H,24,26)(H2,25,27,30)/t15-,16+,18+,19+/m0/s1. The maximum atomic E-state index is 12.7. The van der Waals surface area contributed by atoms with Gasteiger partial charge in [0.25, 0.3) is 0 Å². The SMILES string of the molecule is COCCNC(=O)[C@H]1C[C@@H](NC(=O)NC2CC2)[C@H](c2cnc(-c3ccccc3)[nH]2)[C@@H]1O. The van der Waals surface area contributed by atoms with Crippen molar-refractivity contribution in [2.24, 2.45) is 5.92 Å². The van der Waals surface area contributed by atoms with E-state index in [1.807, 2.05) is 30.3 Å². The van der Waals surface area contributed by atoms with Crippen molar-refractivity contribution in [3.8, 4) is 11.4 Å². The van der Waals surface area contributed by atoms with E-state index in [0.29, 0.717) is 31.1 Å². The van der Waals surface area contributed by atoms with Crippen LogP contribution in [0.15, 0.2) is 36.5 Å². The number of urea groups is 1. The van der Waals surface area contributed by atoms with Gasteiger partial charge in [-0.2, -0.15) is 0 Å². The molecule has 0 unspecified atom stereocenters. The van der Waals surface area contributed by atoms with Crippen molar-refractivity contribution in [1.82, 2.24) is 25.9 Å². The van der Waals surface area contributed by atoms with Crippen LogP contribution in [-0.2, 0) is 9.53 Å². The summed E-state index contributed by atoms with van der Waals surface area (Å²) in [7, 11) is 1.56. The first kappa shape index (κ1) is 21.3. The summed E-state index contributed by atoms with van der Waals surface area (Å²) in [4.78, 5) is 32.8. The van der Waals surface area contributed by atoms with Gasteiger partial charge < -0.3 is 30.8 Å². The zero-order valence-corrected chi connectivity index (χ0v) is 17.5. The Morgan fingerprint density at radius 1 is 1.23 bits per heavy atom. The molecule has 9 heteroatoms. The van der Waals surface area contributed by atoms with Crippen molar-refractivity contribution >= 4 is 11.9 Å². The Labute approximate surface area is 181 Å². The van der Waals surface area contributed by atoms with Crippen LogP contribution in [0, 0.1) is 5.92 Å². The fraction of sp³-hybridized carbons (Fsp3) is 0.500. The number of aromatic amines is 1. The molecule has 0 aliphatic heterocycles. The lowest BCUT2D eigenvalue weighted by Crippen LogP contribution is -2.44. The highest BCUT2D eigenvalue weighted by atomic mass is 16.5. The summed E-state index contributed by atoms with van der Waals surface area (Å²) in [6.45, 7) is 0.760. The Morgan fingerprint density at radius 3 is 2.71 bits per heavy atom. The van der Waals surface area contributed by atoms with E-state index in [2.05, 4.69) is 25.9 Å². The van der Waals surface area contributed by atoms with Gasteiger partial charge in [-0.25, -0.2) is 9.78 Å². The minimum Gasteiger partial charge on any atom is -0.392 e. The summed E-state index contributed by atoms with van der Waals surface area (Å²) in [5, 5.41) is 19.7. The maximum Gasteiger partial charge on any atom is 0.315 e. The summed E-state index contributed by atoms with van der Waals surface area (Å²) >= 11 is 0. The van der Waals surface area contributed by atoms with E-state index in [9.17, 15) is 14.7 Å². The molecule has 4 rings (SSSR count). The van der Waals surface area contributed by atoms with Crippen LogP contribution in [0.3, 0.4) is 0 Å². The normalized spacial score (nSPS) is 25.2. The first-order valence-corrected chi connectivity index (χ1v) is 10.7. The minimum atomic E-state index is -0.960. The molecule has 3 amide bonds. The lowest BCUT2D eigenvalue weighted by Gasteiger charge is -2.22. The van der Waals surface area contributed by atoms with E-state index in [1.165, 1.54) is 0 Å². The predicted octanol–water partition coefficient (Wildman–Crippen LogP) is 1.13. The molecule has 2 aliphatic rings. The van der Waals surface area contributed by atoms with Gasteiger partial charge in [0.1, 0.15) is 5.82 Å². The summed E-state index contributed by atoms with van der Waals surface area (Å²) in [6, 6.07) is 9.21. The van der Waals surface area contributed by atoms with Crippen LogP contribution in [0.4, 0.5) is 4.79 Å². The van der Waals surface area contributed by atoms with Crippen LogP contribution in [0.1, 0.15) is 30.9 Å². The number of aromatic nitrogens is 2. The molecule has 1 aromatic heterocycles. The van der Waals surface area contributed by atoms with E-state index >= 15 is 0 Å². The number of benzene rings is 1. The third-order valence-electron chi connectivity index (χ3n) is 5.89. The third kappa shape index (κ3) is 5.05. The lowest BCUT2D eigenvalue weighted by molar-refractivity contribution is -0.127. The van der Waals surface area contributed by atoms with Crippen molar-refractivity contribution in [1.29, 1.82) is 0 Å². The minimum absolute atomic E-state index is 0.217. The third-order valence-corrected chi connectivity index (χ3v) is 5.89. The number of amides is 3. The van der Waals surface area contributed by atoms with Crippen molar-refractivity contribution < 1.29 is 19.4 Å². The number of aliphatic hydroxyl groups excluding tert-OH is 1. The zero-order valence-electron chi connectivity index (χ0n) is 17.5. The number of hydrogen-bond acceptors (Lipinski definition) is 5. The highest BCUT2D eigenvalue weighted by molar-refractivity contribution is 5.81. The Balaban J connectivity index is 1.53. The van der Waals surface area contributed by atoms with Crippen LogP contribution >= 0.6 is 0 Å². The molecular weight excluding hydrogens is 398 g/mol. The number of carbonyl (C=O) groups excluding carboxylic acids is 2. The summed E-state index contributed by atoms with van der Waals surface area (Å²) in [5.41, 5.74) is 1.61. The smallest absolute Gasteiger partial charge is 0.315 e. The Morgan fingerprint density at radius 2 is 2.00 bits per heavy atom. The number of methoxy groups -OCH3 is 1. The van der Waals surface area contributed by atoms with E-state index in [4.69, 9.17) is 4.74 Å². The first-order valence-electron chi connectivity index (χ1n) is 10.7. The molecule has 2 aromatic rings. The number of nitrogens with one attached hydrogen (secondary N) is 4. The number of carbonyl (C=O) groups is 2. The maximum absolute atomic E-state index is 12.7. The van der Waals surface area contributed by atoms with Gasteiger partial charge in [-0.1, -0.05) is 30.3 Å². The zero-order chi connectivity index (χ0) is 21.8. The second kappa shape index (κ2) is 9.49. The van der Waals surface area contributed by atoms with Gasteiger partial charge >= 0.3 is 6.03 Å². The Kier molecular flexibility index (Phi) is 6.53. The predicted molar refractivity (Wildman–Crippen MR) is 114 cm³/mol. The lowest BCUT2D eigenvalue weighted by atomic mass is 9.96. The second-order valence-corrected chi connectivity index (χ2v) is 8.19. The average Bonchev–Trinajstić information content (AvgIpc) is 3.33. The average molecular weight is 428 g/mol. The Hall–Kier alpha value is -2.91. The van der Waals surface area contributed by atoms with Gasteiger partial charge in [0.2, 0.25) is 5.91 Å². The quantitative estimate of drug-likeness (QED) is 0.404. The van der Waals surface area contributed by atoms with Crippen molar-refractivity contribution in [2.75, 3.05) is 20.3 Å². The molecule has 0 radical (unpaired) electrons. The molecule has 0 spiro atoms. The van der Waals surface area contributed by atoms with E-state index in [-0.39, 0.29) is 18.0 Å². The van der Waals surface area contributed by atoms with Gasteiger partial charge in [-0.15, -0.1) is 0 Å². The molecule has 0 bridgehead atoms. The van der Waals surface area contributed by atoms with Crippen LogP contribution in [0.5, 0.6) is 0 Å². The van der Waals surface area contributed by atoms with Crippen LogP contribution < -0.4 is 16.0 Å². The van der Waals surface area contributed by atoms with E-state index in [0.717, 1.165) is 18.4 Å².